The van der Waals surface area contributed by atoms with Crippen LogP contribution in [0.4, 0.5) is 0 Å². The van der Waals surface area contributed by atoms with Gasteiger partial charge in [-0.3, -0.25) is 0 Å². The topological polar surface area (TPSA) is 75.2 Å². The molecule has 3 aromatic carbocycles. The van der Waals surface area contributed by atoms with Crippen LogP contribution in [0.1, 0.15) is 27.8 Å². The molecule has 0 aliphatic rings. The van der Waals surface area contributed by atoms with Crippen LogP contribution in [0.3, 0.4) is 0 Å². The maximum absolute atomic E-state index is 11.1. The molecule has 0 aliphatic carbocycles. The first-order chi connectivity index (χ1) is 12.2. The van der Waals surface area contributed by atoms with Crippen molar-refractivity contribution in [3.8, 4) is 0 Å². The maximum atomic E-state index is 11.1. The second-order valence-electron chi connectivity index (χ2n) is 5.88. The van der Waals surface area contributed by atoms with Gasteiger partial charge in [-0.1, -0.05) is 36.4 Å². The highest BCUT2D eigenvalue weighted by molar-refractivity contribution is 5.92. The number of H-pyrrole nitrogens is 1. The zero-order chi connectivity index (χ0) is 17.4. The van der Waals surface area contributed by atoms with Gasteiger partial charge in [0.15, 0.2) is 0 Å². The third-order valence-electron chi connectivity index (χ3n) is 4.31. The average molecular weight is 332 g/mol. The minimum atomic E-state index is -0.962. The molecule has 0 amide bonds. The Bertz CT molecular complexity index is 1080. The van der Waals surface area contributed by atoms with Crippen LogP contribution >= 0.6 is 0 Å². The molecular formula is C20H16N2O3. The number of nitrogens with zero attached hydrogens (tertiary/aromatic N) is 1. The molecule has 0 saturated carbocycles. The fraction of sp³-hybridized carbons (Fsp3) is 0.100. The molecule has 5 nitrogen and oxygen atoms in total. The lowest BCUT2D eigenvalue weighted by Crippen LogP contribution is -2.05. The van der Waals surface area contributed by atoms with Crippen molar-refractivity contribution in [3.63, 3.8) is 0 Å². The van der Waals surface area contributed by atoms with Crippen LogP contribution in [0, 0.1) is 0 Å². The molecule has 0 radical (unpaired) electrons. The lowest BCUT2D eigenvalue weighted by molar-refractivity contribution is 0.0697. The lowest BCUT2D eigenvalue weighted by Gasteiger charge is -2.14. The summed E-state index contributed by atoms with van der Waals surface area (Å²) in [6, 6.07) is 19.1. The first-order valence-electron chi connectivity index (χ1n) is 7.90. The molecule has 4 aromatic rings. The van der Waals surface area contributed by atoms with Crippen molar-refractivity contribution < 1.29 is 14.6 Å². The lowest BCUT2D eigenvalue weighted by atomic mass is 10.0. The largest absolute Gasteiger partial charge is 0.478 e. The summed E-state index contributed by atoms with van der Waals surface area (Å²) >= 11 is 0. The van der Waals surface area contributed by atoms with Gasteiger partial charge in [-0.2, -0.15) is 0 Å². The Morgan fingerprint density at radius 1 is 1.08 bits per heavy atom. The van der Waals surface area contributed by atoms with Gasteiger partial charge in [0.05, 0.1) is 16.6 Å². The van der Waals surface area contributed by atoms with E-state index < -0.39 is 5.97 Å². The van der Waals surface area contributed by atoms with E-state index in [1.54, 1.807) is 25.3 Å². The molecule has 0 fully saturated rings. The van der Waals surface area contributed by atoms with Crippen LogP contribution in [-0.4, -0.2) is 28.2 Å². The number of rotatable bonds is 4. The van der Waals surface area contributed by atoms with Crippen molar-refractivity contribution in [3.05, 3.63) is 77.6 Å². The van der Waals surface area contributed by atoms with E-state index in [9.17, 15) is 4.79 Å². The van der Waals surface area contributed by atoms with Crippen LogP contribution in [0.5, 0.6) is 0 Å². The van der Waals surface area contributed by atoms with Gasteiger partial charge in [0, 0.05) is 7.11 Å². The molecule has 1 aromatic heterocycles. The van der Waals surface area contributed by atoms with Crippen molar-refractivity contribution in [2.24, 2.45) is 0 Å². The number of aromatic amines is 1. The molecular weight excluding hydrogens is 316 g/mol. The van der Waals surface area contributed by atoms with Crippen molar-refractivity contribution in [2.45, 2.75) is 6.10 Å². The Balaban J connectivity index is 1.79. The molecule has 0 spiro atoms. The van der Waals surface area contributed by atoms with Crippen LogP contribution in [-0.2, 0) is 4.74 Å². The van der Waals surface area contributed by atoms with Gasteiger partial charge in [-0.15, -0.1) is 0 Å². The van der Waals surface area contributed by atoms with Crippen LogP contribution in [0.15, 0.2) is 60.7 Å². The van der Waals surface area contributed by atoms with E-state index in [-0.39, 0.29) is 11.7 Å². The molecule has 4 rings (SSSR count). The standard InChI is InChI=1S/C20H16N2O3/c1-25-18(14-7-6-12-4-2-3-5-13(12)10-14)19-21-16-9-8-15(20(23)24)11-17(16)22-19/h2-11,18H,1H3,(H,21,22)(H,23,24)/t18-/m0/s1. The molecule has 124 valence electrons. The zero-order valence-corrected chi connectivity index (χ0v) is 13.6. The summed E-state index contributed by atoms with van der Waals surface area (Å²) in [5.41, 5.74) is 2.60. The third-order valence-corrected chi connectivity index (χ3v) is 4.31. The summed E-state index contributed by atoms with van der Waals surface area (Å²) < 4.78 is 5.67. The molecule has 1 atom stereocenters. The van der Waals surface area contributed by atoms with E-state index in [2.05, 4.69) is 34.2 Å². The number of carboxylic acid groups (broad SMARTS) is 1. The van der Waals surface area contributed by atoms with E-state index in [4.69, 9.17) is 9.84 Å². The number of aromatic nitrogens is 2. The van der Waals surface area contributed by atoms with Crippen molar-refractivity contribution in [2.75, 3.05) is 7.11 Å². The smallest absolute Gasteiger partial charge is 0.335 e. The number of fused-ring (bicyclic) bond motifs is 2. The van der Waals surface area contributed by atoms with E-state index in [0.29, 0.717) is 16.9 Å². The minimum absolute atomic E-state index is 0.224. The number of nitrogens with one attached hydrogen (secondary N) is 1. The van der Waals surface area contributed by atoms with Crippen molar-refractivity contribution in [1.29, 1.82) is 0 Å². The first kappa shape index (κ1) is 15.4. The van der Waals surface area contributed by atoms with Gasteiger partial charge in [0.25, 0.3) is 0 Å². The number of aromatic carboxylic acids is 1. The SMILES string of the molecule is CO[C@@H](c1ccc2ccccc2c1)c1nc2ccc(C(=O)O)cc2[nH]1. The van der Waals surface area contributed by atoms with Gasteiger partial charge < -0.3 is 14.8 Å². The molecule has 1 heterocycles. The predicted octanol–water partition coefficient (Wildman–Crippen LogP) is 4.15. The minimum Gasteiger partial charge on any atom is -0.478 e. The normalized spacial score (nSPS) is 12.5. The predicted molar refractivity (Wildman–Crippen MR) is 95.9 cm³/mol. The summed E-state index contributed by atoms with van der Waals surface area (Å²) in [6.07, 6.45) is -0.356. The van der Waals surface area contributed by atoms with Gasteiger partial charge >= 0.3 is 5.97 Å². The first-order valence-corrected chi connectivity index (χ1v) is 7.90. The average Bonchev–Trinajstić information content (AvgIpc) is 3.05. The number of carboxylic acids is 1. The summed E-state index contributed by atoms with van der Waals surface area (Å²) in [6.45, 7) is 0. The summed E-state index contributed by atoms with van der Waals surface area (Å²) in [7, 11) is 1.63. The Morgan fingerprint density at radius 2 is 1.88 bits per heavy atom. The Morgan fingerprint density at radius 3 is 2.64 bits per heavy atom. The van der Waals surface area contributed by atoms with Gasteiger partial charge in [-0.05, 0) is 40.6 Å². The van der Waals surface area contributed by atoms with E-state index in [1.165, 1.54) is 0 Å². The number of benzene rings is 3. The molecule has 0 unspecified atom stereocenters. The highest BCUT2D eigenvalue weighted by atomic mass is 16.5. The second kappa shape index (κ2) is 6.03. The summed E-state index contributed by atoms with van der Waals surface area (Å²) in [5.74, 6) is -0.314. The molecule has 0 saturated heterocycles. The number of hydrogen-bond donors (Lipinski definition) is 2. The number of hydrogen-bond acceptors (Lipinski definition) is 3. The molecule has 0 aliphatic heterocycles. The summed E-state index contributed by atoms with van der Waals surface area (Å²) in [4.78, 5) is 18.9. The van der Waals surface area contributed by atoms with Crippen molar-refractivity contribution >= 4 is 27.8 Å². The highest BCUT2D eigenvalue weighted by Crippen LogP contribution is 2.28. The van der Waals surface area contributed by atoms with Crippen LogP contribution in [0.25, 0.3) is 21.8 Å². The number of methoxy groups -OCH3 is 1. The van der Waals surface area contributed by atoms with Crippen LogP contribution in [0.2, 0.25) is 0 Å². The molecule has 5 heteroatoms. The number of ether oxygens (including phenoxy) is 1. The van der Waals surface area contributed by atoms with Gasteiger partial charge in [0.1, 0.15) is 11.9 Å². The zero-order valence-electron chi connectivity index (χ0n) is 13.6. The van der Waals surface area contributed by atoms with E-state index in [0.717, 1.165) is 16.3 Å². The fourth-order valence-corrected chi connectivity index (χ4v) is 3.06. The Kier molecular flexibility index (Phi) is 3.71. The number of imidazole rings is 1. The Hall–Kier alpha value is -3.18. The number of carbonyl (C=O) groups is 1. The second-order valence-corrected chi connectivity index (χ2v) is 5.88. The van der Waals surface area contributed by atoms with Gasteiger partial charge in [0.2, 0.25) is 0 Å². The van der Waals surface area contributed by atoms with Crippen molar-refractivity contribution in [1.82, 2.24) is 9.97 Å². The van der Waals surface area contributed by atoms with E-state index in [1.807, 2.05) is 18.2 Å². The fourth-order valence-electron chi connectivity index (χ4n) is 3.06. The quantitative estimate of drug-likeness (QED) is 0.589. The molecule has 25 heavy (non-hydrogen) atoms. The van der Waals surface area contributed by atoms with Gasteiger partial charge in [-0.25, -0.2) is 9.78 Å². The summed E-state index contributed by atoms with van der Waals surface area (Å²) in [5, 5.41) is 11.4. The highest BCUT2D eigenvalue weighted by Gasteiger charge is 2.18. The van der Waals surface area contributed by atoms with Crippen LogP contribution < -0.4 is 0 Å². The molecule has 0 bridgehead atoms. The monoisotopic (exact) mass is 332 g/mol. The molecule has 2 N–H and O–H groups in total. The third kappa shape index (κ3) is 2.75. The Labute approximate surface area is 143 Å². The maximum Gasteiger partial charge on any atom is 0.335 e. The van der Waals surface area contributed by atoms with E-state index >= 15 is 0 Å².